The van der Waals surface area contributed by atoms with Crippen LogP contribution in [-0.2, 0) is 4.74 Å². The monoisotopic (exact) mass is 129 g/mol. The van der Waals surface area contributed by atoms with Gasteiger partial charge in [-0.25, -0.2) is 0 Å². The number of methoxy groups -OCH3 is 1. The maximum Gasteiger partial charge on any atom is 0.0713 e. The van der Waals surface area contributed by atoms with Crippen LogP contribution in [0.3, 0.4) is 0 Å². The summed E-state index contributed by atoms with van der Waals surface area (Å²) in [4.78, 5) is 2.33. The Morgan fingerprint density at radius 3 is 2.44 bits per heavy atom. The van der Waals surface area contributed by atoms with Crippen LogP contribution in [0.25, 0.3) is 0 Å². The van der Waals surface area contributed by atoms with E-state index in [1.165, 1.54) is 6.42 Å². The largest absolute Gasteiger partial charge is 0.380 e. The van der Waals surface area contributed by atoms with Crippen molar-refractivity contribution in [3.05, 3.63) is 0 Å². The third-order valence-electron chi connectivity index (χ3n) is 2.18. The maximum atomic E-state index is 5.21. The summed E-state index contributed by atoms with van der Waals surface area (Å²) in [6.07, 6.45) is 1.66. The van der Waals surface area contributed by atoms with Crippen molar-refractivity contribution in [1.29, 1.82) is 0 Å². The molecule has 0 bridgehead atoms. The standard InChI is InChI=1S/C7H15NO/c1-6-4-7(9-3)5-8(6)2/h6-7H,4-5H2,1-3H3/t6?,7-/m1/s1. The summed E-state index contributed by atoms with van der Waals surface area (Å²) in [5.74, 6) is 0. The van der Waals surface area contributed by atoms with Gasteiger partial charge in [0, 0.05) is 19.7 Å². The lowest BCUT2D eigenvalue weighted by atomic mass is 10.2. The van der Waals surface area contributed by atoms with Crippen LogP contribution in [0.2, 0.25) is 0 Å². The Bertz CT molecular complexity index is 84.9. The molecule has 0 aliphatic carbocycles. The van der Waals surface area contributed by atoms with Crippen molar-refractivity contribution in [3.8, 4) is 0 Å². The SMILES string of the molecule is CO[C@@H]1CC(C)N(C)C1. The van der Waals surface area contributed by atoms with Crippen LogP contribution in [0.4, 0.5) is 0 Å². The molecule has 2 heteroatoms. The zero-order chi connectivity index (χ0) is 6.85. The highest BCUT2D eigenvalue weighted by molar-refractivity contribution is 4.79. The quantitative estimate of drug-likeness (QED) is 0.517. The Balaban J connectivity index is 2.35. The minimum absolute atomic E-state index is 0.477. The number of likely N-dealkylation sites (tertiary alicyclic amines) is 1. The molecule has 9 heavy (non-hydrogen) atoms. The van der Waals surface area contributed by atoms with E-state index in [1.54, 1.807) is 7.11 Å². The van der Waals surface area contributed by atoms with Gasteiger partial charge >= 0.3 is 0 Å². The van der Waals surface area contributed by atoms with E-state index in [-0.39, 0.29) is 0 Å². The lowest BCUT2D eigenvalue weighted by molar-refractivity contribution is 0.111. The van der Waals surface area contributed by atoms with Crippen LogP contribution >= 0.6 is 0 Å². The molecule has 1 saturated heterocycles. The van der Waals surface area contributed by atoms with E-state index in [2.05, 4.69) is 18.9 Å². The zero-order valence-electron chi connectivity index (χ0n) is 6.42. The molecular formula is C7H15NO. The summed E-state index contributed by atoms with van der Waals surface area (Å²) < 4.78 is 5.21. The highest BCUT2D eigenvalue weighted by atomic mass is 16.5. The second-order valence-corrected chi connectivity index (χ2v) is 2.88. The fourth-order valence-electron chi connectivity index (χ4n) is 1.31. The van der Waals surface area contributed by atoms with Crippen LogP contribution in [0.5, 0.6) is 0 Å². The number of hydrogen-bond acceptors (Lipinski definition) is 2. The molecule has 1 unspecified atom stereocenters. The lowest BCUT2D eigenvalue weighted by Gasteiger charge is -2.11. The third-order valence-corrected chi connectivity index (χ3v) is 2.18. The van der Waals surface area contributed by atoms with E-state index in [4.69, 9.17) is 4.74 Å². The Labute approximate surface area is 56.8 Å². The minimum atomic E-state index is 0.477. The first-order chi connectivity index (χ1) is 4.24. The highest BCUT2D eigenvalue weighted by Gasteiger charge is 2.25. The van der Waals surface area contributed by atoms with E-state index in [9.17, 15) is 0 Å². The number of hydrogen-bond donors (Lipinski definition) is 0. The molecule has 54 valence electrons. The van der Waals surface area contributed by atoms with Gasteiger partial charge in [0.05, 0.1) is 6.10 Å². The van der Waals surface area contributed by atoms with Crippen LogP contribution in [0, 0.1) is 0 Å². The van der Waals surface area contributed by atoms with Crippen molar-refractivity contribution in [2.75, 3.05) is 20.7 Å². The maximum absolute atomic E-state index is 5.21. The van der Waals surface area contributed by atoms with Crippen molar-refractivity contribution in [2.45, 2.75) is 25.5 Å². The molecule has 0 radical (unpaired) electrons. The Morgan fingerprint density at radius 2 is 2.22 bits per heavy atom. The van der Waals surface area contributed by atoms with E-state index in [1.807, 2.05) is 0 Å². The number of rotatable bonds is 1. The summed E-state index contributed by atoms with van der Waals surface area (Å²) in [6, 6.07) is 0.704. The topological polar surface area (TPSA) is 12.5 Å². The van der Waals surface area contributed by atoms with E-state index < -0.39 is 0 Å². The van der Waals surface area contributed by atoms with Crippen LogP contribution in [0.1, 0.15) is 13.3 Å². The van der Waals surface area contributed by atoms with E-state index in [0.29, 0.717) is 12.1 Å². The summed E-state index contributed by atoms with van der Waals surface area (Å²) in [7, 11) is 3.93. The first kappa shape index (κ1) is 7.03. The van der Waals surface area contributed by atoms with Gasteiger partial charge in [-0.15, -0.1) is 0 Å². The molecule has 1 heterocycles. The average molecular weight is 129 g/mol. The van der Waals surface area contributed by atoms with Crippen molar-refractivity contribution < 1.29 is 4.74 Å². The Morgan fingerprint density at radius 1 is 1.56 bits per heavy atom. The van der Waals surface area contributed by atoms with Gasteiger partial charge in [0.15, 0.2) is 0 Å². The molecule has 2 nitrogen and oxygen atoms in total. The summed E-state index contributed by atoms with van der Waals surface area (Å²) in [5.41, 5.74) is 0. The second-order valence-electron chi connectivity index (χ2n) is 2.88. The van der Waals surface area contributed by atoms with Gasteiger partial charge in [-0.1, -0.05) is 0 Å². The highest BCUT2D eigenvalue weighted by Crippen LogP contribution is 2.16. The number of likely N-dealkylation sites (N-methyl/N-ethyl adjacent to an activating group) is 1. The Hall–Kier alpha value is -0.0800. The van der Waals surface area contributed by atoms with Gasteiger partial charge in [-0.2, -0.15) is 0 Å². The predicted molar refractivity (Wildman–Crippen MR) is 37.5 cm³/mol. The molecule has 0 spiro atoms. The summed E-state index contributed by atoms with van der Waals surface area (Å²) in [5, 5.41) is 0. The van der Waals surface area contributed by atoms with Gasteiger partial charge < -0.3 is 9.64 Å². The summed E-state index contributed by atoms with van der Waals surface area (Å²) in [6.45, 7) is 3.33. The molecule has 0 saturated carbocycles. The van der Waals surface area contributed by atoms with E-state index >= 15 is 0 Å². The van der Waals surface area contributed by atoms with Gasteiger partial charge in [-0.05, 0) is 20.4 Å². The third kappa shape index (κ3) is 1.43. The Kier molecular flexibility index (Phi) is 2.09. The van der Waals surface area contributed by atoms with E-state index in [0.717, 1.165) is 6.54 Å². The first-order valence-corrected chi connectivity index (χ1v) is 3.47. The molecule has 2 atom stereocenters. The molecule has 0 amide bonds. The fraction of sp³-hybridized carbons (Fsp3) is 1.00. The van der Waals surface area contributed by atoms with Crippen molar-refractivity contribution >= 4 is 0 Å². The molecule has 0 aromatic heterocycles. The molecular weight excluding hydrogens is 114 g/mol. The fourth-order valence-corrected chi connectivity index (χ4v) is 1.31. The van der Waals surface area contributed by atoms with Gasteiger partial charge in [-0.3, -0.25) is 0 Å². The molecule has 0 aromatic carbocycles. The predicted octanol–water partition coefficient (Wildman–Crippen LogP) is 0.725. The van der Waals surface area contributed by atoms with Crippen LogP contribution in [-0.4, -0.2) is 37.7 Å². The molecule has 0 N–H and O–H groups in total. The molecule has 0 aromatic rings. The molecule has 1 aliphatic rings. The first-order valence-electron chi connectivity index (χ1n) is 3.47. The minimum Gasteiger partial charge on any atom is -0.380 e. The molecule has 1 rings (SSSR count). The zero-order valence-corrected chi connectivity index (χ0v) is 6.42. The summed E-state index contributed by atoms with van der Waals surface area (Å²) >= 11 is 0. The molecule has 1 fully saturated rings. The normalized spacial score (nSPS) is 37.7. The van der Waals surface area contributed by atoms with Crippen molar-refractivity contribution in [3.63, 3.8) is 0 Å². The van der Waals surface area contributed by atoms with Crippen molar-refractivity contribution in [2.24, 2.45) is 0 Å². The van der Waals surface area contributed by atoms with Crippen LogP contribution in [0.15, 0.2) is 0 Å². The van der Waals surface area contributed by atoms with Gasteiger partial charge in [0.2, 0.25) is 0 Å². The van der Waals surface area contributed by atoms with Crippen molar-refractivity contribution in [1.82, 2.24) is 4.90 Å². The smallest absolute Gasteiger partial charge is 0.0713 e. The molecule has 1 aliphatic heterocycles. The average Bonchev–Trinajstić information content (AvgIpc) is 2.13. The van der Waals surface area contributed by atoms with Gasteiger partial charge in [0.25, 0.3) is 0 Å². The number of ether oxygens (including phenoxy) is 1. The van der Waals surface area contributed by atoms with Crippen LogP contribution < -0.4 is 0 Å². The second kappa shape index (κ2) is 2.67. The lowest BCUT2D eigenvalue weighted by Crippen LogP contribution is -2.22. The van der Waals surface area contributed by atoms with Gasteiger partial charge in [0.1, 0.15) is 0 Å². The number of nitrogens with zero attached hydrogens (tertiary/aromatic N) is 1.